The summed E-state index contributed by atoms with van der Waals surface area (Å²) in [4.78, 5) is 24.8. The molecule has 2 N–H and O–H groups in total. The minimum atomic E-state index is -1.07. The van der Waals surface area contributed by atoms with Crippen LogP contribution >= 0.6 is 0 Å². The van der Waals surface area contributed by atoms with Crippen LogP contribution in [0.5, 0.6) is 0 Å². The normalized spacial score (nSPS) is 11.0. The SMILES string of the molecule is CC(C)(C(=O)NCCCc1ccccc1)C(=O)NCCCc1ccccc1. The molecular formula is C23H30N2O2. The highest BCUT2D eigenvalue weighted by Gasteiger charge is 2.35. The highest BCUT2D eigenvalue weighted by Crippen LogP contribution is 2.15. The van der Waals surface area contributed by atoms with Crippen LogP contribution in [0.3, 0.4) is 0 Å². The van der Waals surface area contributed by atoms with Gasteiger partial charge in [0.05, 0.1) is 0 Å². The van der Waals surface area contributed by atoms with Gasteiger partial charge in [-0.25, -0.2) is 0 Å². The summed E-state index contributed by atoms with van der Waals surface area (Å²) in [6.07, 6.45) is 3.52. The molecule has 0 saturated heterocycles. The Bertz CT molecular complexity index is 650. The number of nitrogens with one attached hydrogen (secondary N) is 2. The topological polar surface area (TPSA) is 58.2 Å². The van der Waals surface area contributed by atoms with Gasteiger partial charge in [0.2, 0.25) is 11.8 Å². The molecule has 2 rings (SSSR count). The van der Waals surface area contributed by atoms with Gasteiger partial charge in [0.15, 0.2) is 0 Å². The van der Waals surface area contributed by atoms with Gasteiger partial charge in [-0.1, -0.05) is 60.7 Å². The molecule has 2 aromatic carbocycles. The van der Waals surface area contributed by atoms with E-state index < -0.39 is 5.41 Å². The van der Waals surface area contributed by atoms with Gasteiger partial charge in [-0.3, -0.25) is 9.59 Å². The third-order valence-electron chi connectivity index (χ3n) is 4.68. The summed E-state index contributed by atoms with van der Waals surface area (Å²) in [6, 6.07) is 20.3. The molecular weight excluding hydrogens is 336 g/mol. The number of carbonyl (C=O) groups excluding carboxylic acids is 2. The number of amides is 2. The molecule has 0 saturated carbocycles. The molecule has 0 aliphatic carbocycles. The van der Waals surface area contributed by atoms with Crippen LogP contribution in [0.4, 0.5) is 0 Å². The van der Waals surface area contributed by atoms with Gasteiger partial charge in [0, 0.05) is 13.1 Å². The lowest BCUT2D eigenvalue weighted by atomic mass is 9.91. The maximum absolute atomic E-state index is 12.4. The van der Waals surface area contributed by atoms with E-state index >= 15 is 0 Å². The lowest BCUT2D eigenvalue weighted by Crippen LogP contribution is -2.48. The predicted molar refractivity (Wildman–Crippen MR) is 109 cm³/mol. The first-order chi connectivity index (χ1) is 13.0. The molecule has 4 nitrogen and oxygen atoms in total. The van der Waals surface area contributed by atoms with Crippen molar-refractivity contribution in [2.24, 2.45) is 5.41 Å². The molecule has 0 aliphatic rings. The zero-order chi connectivity index (χ0) is 19.5. The van der Waals surface area contributed by atoms with Crippen LogP contribution in [0.2, 0.25) is 0 Å². The Morgan fingerprint density at radius 2 is 1.07 bits per heavy atom. The zero-order valence-corrected chi connectivity index (χ0v) is 16.3. The van der Waals surface area contributed by atoms with Gasteiger partial charge < -0.3 is 10.6 Å². The fourth-order valence-corrected chi connectivity index (χ4v) is 2.82. The Morgan fingerprint density at radius 3 is 1.44 bits per heavy atom. The second-order valence-corrected chi connectivity index (χ2v) is 7.32. The Hall–Kier alpha value is -2.62. The largest absolute Gasteiger partial charge is 0.355 e. The average Bonchev–Trinajstić information content (AvgIpc) is 2.69. The van der Waals surface area contributed by atoms with Crippen molar-refractivity contribution in [1.29, 1.82) is 0 Å². The third kappa shape index (κ3) is 6.89. The van der Waals surface area contributed by atoms with Gasteiger partial charge in [0.1, 0.15) is 5.41 Å². The van der Waals surface area contributed by atoms with Crippen molar-refractivity contribution < 1.29 is 9.59 Å². The smallest absolute Gasteiger partial charge is 0.235 e. The van der Waals surface area contributed by atoms with Crippen molar-refractivity contribution in [2.45, 2.75) is 39.5 Å². The maximum atomic E-state index is 12.4. The molecule has 0 aliphatic heterocycles. The van der Waals surface area contributed by atoms with E-state index in [1.54, 1.807) is 13.8 Å². The lowest BCUT2D eigenvalue weighted by Gasteiger charge is -2.22. The van der Waals surface area contributed by atoms with E-state index in [0.29, 0.717) is 13.1 Å². The standard InChI is InChI=1S/C23H30N2O2/c1-23(2,21(26)24-17-9-15-19-11-5-3-6-12-19)22(27)25-18-10-16-20-13-7-4-8-14-20/h3-8,11-14H,9-10,15-18H2,1-2H3,(H,24,26)(H,25,27). The first kappa shape index (κ1) is 20.7. The van der Waals surface area contributed by atoms with Gasteiger partial charge in [-0.15, -0.1) is 0 Å². The molecule has 144 valence electrons. The van der Waals surface area contributed by atoms with E-state index in [1.807, 2.05) is 36.4 Å². The number of rotatable bonds is 10. The van der Waals surface area contributed by atoms with Crippen molar-refractivity contribution in [1.82, 2.24) is 10.6 Å². The first-order valence-electron chi connectivity index (χ1n) is 9.64. The Kier molecular flexibility index (Phi) is 8.05. The van der Waals surface area contributed by atoms with Crippen molar-refractivity contribution in [2.75, 3.05) is 13.1 Å². The van der Waals surface area contributed by atoms with Gasteiger partial charge in [0.25, 0.3) is 0 Å². The Morgan fingerprint density at radius 1 is 0.704 bits per heavy atom. The maximum Gasteiger partial charge on any atom is 0.235 e. The van der Waals surface area contributed by atoms with Crippen LogP contribution in [-0.4, -0.2) is 24.9 Å². The molecule has 0 spiro atoms. The number of benzene rings is 2. The summed E-state index contributed by atoms with van der Waals surface area (Å²) in [5.41, 5.74) is 1.43. The van der Waals surface area contributed by atoms with Crippen LogP contribution in [0.25, 0.3) is 0 Å². The average molecular weight is 367 g/mol. The minimum Gasteiger partial charge on any atom is -0.355 e. The Labute approximate surface area is 162 Å². The van der Waals surface area contributed by atoms with Gasteiger partial charge in [-0.2, -0.15) is 0 Å². The van der Waals surface area contributed by atoms with E-state index in [9.17, 15) is 9.59 Å². The zero-order valence-electron chi connectivity index (χ0n) is 16.3. The summed E-state index contributed by atoms with van der Waals surface area (Å²) in [5.74, 6) is -0.452. The summed E-state index contributed by atoms with van der Waals surface area (Å²) in [7, 11) is 0. The fraction of sp³-hybridized carbons (Fsp3) is 0.391. The van der Waals surface area contributed by atoms with Gasteiger partial charge >= 0.3 is 0 Å². The molecule has 0 bridgehead atoms. The summed E-state index contributed by atoms with van der Waals surface area (Å²) in [5, 5.41) is 5.78. The molecule has 0 fully saturated rings. The monoisotopic (exact) mass is 366 g/mol. The molecule has 0 aromatic heterocycles. The molecule has 0 atom stereocenters. The third-order valence-corrected chi connectivity index (χ3v) is 4.68. The van der Waals surface area contributed by atoms with E-state index in [1.165, 1.54) is 11.1 Å². The van der Waals surface area contributed by atoms with Crippen LogP contribution < -0.4 is 10.6 Å². The van der Waals surface area contributed by atoms with E-state index in [-0.39, 0.29) is 11.8 Å². The van der Waals surface area contributed by atoms with Crippen molar-refractivity contribution in [3.05, 3.63) is 71.8 Å². The number of carbonyl (C=O) groups is 2. The van der Waals surface area contributed by atoms with Crippen LogP contribution in [0, 0.1) is 5.41 Å². The highest BCUT2D eigenvalue weighted by atomic mass is 16.2. The molecule has 0 heterocycles. The molecule has 0 unspecified atom stereocenters. The Balaban J connectivity index is 1.66. The second kappa shape index (κ2) is 10.5. The summed E-state index contributed by atoms with van der Waals surface area (Å²) < 4.78 is 0. The minimum absolute atomic E-state index is 0.226. The van der Waals surface area contributed by atoms with Crippen molar-refractivity contribution in [3.63, 3.8) is 0 Å². The molecule has 4 heteroatoms. The predicted octanol–water partition coefficient (Wildman–Crippen LogP) is 3.51. The van der Waals surface area contributed by atoms with Crippen molar-refractivity contribution >= 4 is 11.8 Å². The quantitative estimate of drug-likeness (QED) is 0.499. The fourth-order valence-electron chi connectivity index (χ4n) is 2.82. The molecule has 27 heavy (non-hydrogen) atoms. The van der Waals surface area contributed by atoms with Crippen LogP contribution in [0.1, 0.15) is 37.8 Å². The molecule has 0 radical (unpaired) electrons. The highest BCUT2D eigenvalue weighted by molar-refractivity contribution is 6.04. The molecule has 2 aromatic rings. The van der Waals surface area contributed by atoms with E-state index in [0.717, 1.165) is 25.7 Å². The molecule has 2 amide bonds. The summed E-state index contributed by atoms with van der Waals surface area (Å²) in [6.45, 7) is 4.48. The first-order valence-corrected chi connectivity index (χ1v) is 9.64. The van der Waals surface area contributed by atoms with Gasteiger partial charge in [-0.05, 0) is 50.7 Å². The lowest BCUT2D eigenvalue weighted by molar-refractivity contribution is -0.141. The second-order valence-electron chi connectivity index (χ2n) is 7.32. The van der Waals surface area contributed by atoms with Crippen LogP contribution in [0.15, 0.2) is 60.7 Å². The number of hydrogen-bond acceptors (Lipinski definition) is 2. The van der Waals surface area contributed by atoms with Crippen molar-refractivity contribution in [3.8, 4) is 0 Å². The number of aryl methyl sites for hydroxylation is 2. The summed E-state index contributed by atoms with van der Waals surface area (Å²) >= 11 is 0. The number of hydrogen-bond donors (Lipinski definition) is 2. The van der Waals surface area contributed by atoms with E-state index in [2.05, 4.69) is 34.9 Å². The van der Waals surface area contributed by atoms with Crippen LogP contribution in [-0.2, 0) is 22.4 Å². The van der Waals surface area contributed by atoms with E-state index in [4.69, 9.17) is 0 Å².